The zero-order valence-electron chi connectivity index (χ0n) is 15.5. The molecule has 3 aromatic heterocycles. The highest BCUT2D eigenvalue weighted by Gasteiger charge is 2.24. The average Bonchev–Trinajstić information content (AvgIpc) is 3.34. The third kappa shape index (κ3) is 3.55. The molecule has 1 aliphatic heterocycles. The predicted molar refractivity (Wildman–Crippen MR) is 99.8 cm³/mol. The zero-order valence-corrected chi connectivity index (χ0v) is 15.5. The molecule has 0 saturated carbocycles. The fourth-order valence-corrected chi connectivity index (χ4v) is 3.34. The first kappa shape index (κ1) is 17.3. The summed E-state index contributed by atoms with van der Waals surface area (Å²) in [4.78, 5) is 25.4. The number of amides is 1. The molecule has 0 bridgehead atoms. The molecule has 0 aliphatic carbocycles. The van der Waals surface area contributed by atoms with E-state index >= 15 is 0 Å². The Balaban J connectivity index is 1.39. The smallest absolute Gasteiger partial charge is 0.227 e. The lowest BCUT2D eigenvalue weighted by atomic mass is 10.1. The van der Waals surface area contributed by atoms with Crippen LogP contribution in [0, 0.1) is 13.8 Å². The van der Waals surface area contributed by atoms with Crippen LogP contribution in [-0.2, 0) is 11.2 Å². The van der Waals surface area contributed by atoms with Crippen molar-refractivity contribution in [2.24, 2.45) is 0 Å². The monoisotopic (exact) mass is 366 g/mol. The number of piperazine rings is 1. The van der Waals surface area contributed by atoms with Crippen LogP contribution in [0.1, 0.15) is 17.0 Å². The number of anilines is 1. The predicted octanol–water partition coefficient (Wildman–Crippen LogP) is 1.76. The van der Waals surface area contributed by atoms with Gasteiger partial charge in [0, 0.05) is 50.2 Å². The van der Waals surface area contributed by atoms with E-state index in [4.69, 9.17) is 4.52 Å². The summed E-state index contributed by atoms with van der Waals surface area (Å²) in [6.45, 7) is 6.55. The van der Waals surface area contributed by atoms with Crippen LogP contribution in [-0.4, -0.2) is 56.7 Å². The number of hydrogen-bond acceptors (Lipinski definition) is 6. The minimum atomic E-state index is 0.111. The summed E-state index contributed by atoms with van der Waals surface area (Å²) in [7, 11) is 0. The van der Waals surface area contributed by atoms with Gasteiger partial charge in [0.25, 0.3) is 0 Å². The van der Waals surface area contributed by atoms with Crippen molar-refractivity contribution in [1.82, 2.24) is 24.6 Å². The molecule has 1 fully saturated rings. The van der Waals surface area contributed by atoms with Crippen LogP contribution in [0.4, 0.5) is 5.82 Å². The van der Waals surface area contributed by atoms with Gasteiger partial charge in [0.2, 0.25) is 5.91 Å². The van der Waals surface area contributed by atoms with E-state index in [1.165, 1.54) is 0 Å². The normalized spacial score (nSPS) is 14.6. The third-order valence-corrected chi connectivity index (χ3v) is 4.97. The van der Waals surface area contributed by atoms with Crippen molar-refractivity contribution in [3.63, 3.8) is 0 Å². The summed E-state index contributed by atoms with van der Waals surface area (Å²) < 4.78 is 7.11. The van der Waals surface area contributed by atoms with E-state index in [1.807, 2.05) is 53.9 Å². The van der Waals surface area contributed by atoms with Crippen LogP contribution in [0.2, 0.25) is 0 Å². The molecule has 1 aliphatic rings. The van der Waals surface area contributed by atoms with Gasteiger partial charge < -0.3 is 18.9 Å². The summed E-state index contributed by atoms with van der Waals surface area (Å²) >= 11 is 0. The molecule has 0 N–H and O–H groups in total. The molecule has 140 valence electrons. The number of aromatic nitrogens is 4. The van der Waals surface area contributed by atoms with Crippen LogP contribution in [0.15, 0.2) is 41.4 Å². The average molecular weight is 366 g/mol. The minimum absolute atomic E-state index is 0.111. The van der Waals surface area contributed by atoms with Gasteiger partial charge in [0.1, 0.15) is 23.7 Å². The molecular weight excluding hydrogens is 344 g/mol. The maximum atomic E-state index is 12.6. The van der Waals surface area contributed by atoms with Gasteiger partial charge in [-0.3, -0.25) is 4.79 Å². The quantitative estimate of drug-likeness (QED) is 0.700. The Labute approximate surface area is 157 Å². The van der Waals surface area contributed by atoms with Crippen molar-refractivity contribution in [2.75, 3.05) is 31.1 Å². The van der Waals surface area contributed by atoms with Crippen molar-refractivity contribution in [3.8, 4) is 5.82 Å². The molecule has 4 heterocycles. The second-order valence-corrected chi connectivity index (χ2v) is 6.67. The summed E-state index contributed by atoms with van der Waals surface area (Å²) in [6, 6.07) is 5.90. The number of hydrogen-bond donors (Lipinski definition) is 0. The maximum absolute atomic E-state index is 12.6. The number of aryl methyl sites for hydroxylation is 2. The van der Waals surface area contributed by atoms with Gasteiger partial charge >= 0.3 is 0 Å². The molecule has 8 nitrogen and oxygen atoms in total. The van der Waals surface area contributed by atoms with Crippen LogP contribution in [0.25, 0.3) is 5.82 Å². The molecule has 0 atom stereocenters. The lowest BCUT2D eigenvalue weighted by Crippen LogP contribution is -2.49. The first-order valence-corrected chi connectivity index (χ1v) is 9.01. The van der Waals surface area contributed by atoms with Gasteiger partial charge in [0.15, 0.2) is 0 Å². The Morgan fingerprint density at radius 1 is 1.07 bits per heavy atom. The van der Waals surface area contributed by atoms with Gasteiger partial charge in [-0.05, 0) is 26.0 Å². The SMILES string of the molecule is Cc1noc(C)c1CC(=O)N1CCN(c2cc(-n3cccc3)ncn2)CC1. The van der Waals surface area contributed by atoms with Crippen LogP contribution < -0.4 is 4.90 Å². The summed E-state index contributed by atoms with van der Waals surface area (Å²) in [6.07, 6.45) is 5.83. The molecule has 1 amide bonds. The molecule has 8 heteroatoms. The van der Waals surface area contributed by atoms with Gasteiger partial charge in [-0.25, -0.2) is 9.97 Å². The highest BCUT2D eigenvalue weighted by molar-refractivity contribution is 5.79. The van der Waals surface area contributed by atoms with Crippen molar-refractivity contribution in [1.29, 1.82) is 0 Å². The van der Waals surface area contributed by atoms with Crippen LogP contribution >= 0.6 is 0 Å². The standard InChI is InChI=1S/C19H22N6O2/c1-14-16(15(2)27-22-14)11-19(26)25-9-7-24(8-10-25)18-12-17(20-13-21-18)23-5-3-4-6-23/h3-6,12-13H,7-11H2,1-2H3. The molecule has 0 spiro atoms. The molecular formula is C19H22N6O2. The second kappa shape index (κ2) is 7.22. The fraction of sp³-hybridized carbons (Fsp3) is 0.368. The number of nitrogens with zero attached hydrogens (tertiary/aromatic N) is 6. The van der Waals surface area contributed by atoms with E-state index in [-0.39, 0.29) is 5.91 Å². The van der Waals surface area contributed by atoms with Crippen LogP contribution in [0.5, 0.6) is 0 Å². The van der Waals surface area contributed by atoms with Crippen molar-refractivity contribution in [3.05, 3.63) is 53.9 Å². The lowest BCUT2D eigenvalue weighted by Gasteiger charge is -2.35. The van der Waals surface area contributed by atoms with E-state index in [0.29, 0.717) is 19.5 Å². The van der Waals surface area contributed by atoms with Gasteiger partial charge in [-0.2, -0.15) is 0 Å². The molecule has 0 radical (unpaired) electrons. The first-order valence-electron chi connectivity index (χ1n) is 9.01. The lowest BCUT2D eigenvalue weighted by molar-refractivity contribution is -0.130. The van der Waals surface area contributed by atoms with Crippen molar-refractivity contribution in [2.45, 2.75) is 20.3 Å². The van der Waals surface area contributed by atoms with Crippen molar-refractivity contribution >= 4 is 11.7 Å². The van der Waals surface area contributed by atoms with E-state index in [0.717, 1.165) is 41.7 Å². The minimum Gasteiger partial charge on any atom is -0.361 e. The largest absolute Gasteiger partial charge is 0.361 e. The topological polar surface area (TPSA) is 80.3 Å². The van der Waals surface area contributed by atoms with Gasteiger partial charge in [-0.1, -0.05) is 5.16 Å². The highest BCUT2D eigenvalue weighted by atomic mass is 16.5. The fourth-order valence-electron chi connectivity index (χ4n) is 3.34. The Morgan fingerprint density at radius 2 is 1.78 bits per heavy atom. The van der Waals surface area contributed by atoms with E-state index in [9.17, 15) is 4.79 Å². The molecule has 0 unspecified atom stereocenters. The third-order valence-electron chi connectivity index (χ3n) is 4.97. The van der Waals surface area contributed by atoms with Crippen LogP contribution in [0.3, 0.4) is 0 Å². The maximum Gasteiger partial charge on any atom is 0.227 e. The Hall–Kier alpha value is -3.16. The molecule has 1 saturated heterocycles. The molecule has 0 aromatic carbocycles. The van der Waals surface area contributed by atoms with Gasteiger partial charge in [-0.15, -0.1) is 0 Å². The highest BCUT2D eigenvalue weighted by Crippen LogP contribution is 2.18. The Morgan fingerprint density at radius 3 is 2.44 bits per heavy atom. The number of carbonyl (C=O) groups is 1. The summed E-state index contributed by atoms with van der Waals surface area (Å²) in [5.41, 5.74) is 1.69. The van der Waals surface area contributed by atoms with Gasteiger partial charge in [0.05, 0.1) is 12.1 Å². The van der Waals surface area contributed by atoms with E-state index in [1.54, 1.807) is 6.33 Å². The Kier molecular flexibility index (Phi) is 4.62. The van der Waals surface area contributed by atoms with E-state index in [2.05, 4.69) is 20.0 Å². The van der Waals surface area contributed by atoms with Crippen molar-refractivity contribution < 1.29 is 9.32 Å². The van der Waals surface area contributed by atoms with E-state index < -0.39 is 0 Å². The number of rotatable bonds is 4. The second-order valence-electron chi connectivity index (χ2n) is 6.67. The Bertz CT molecular complexity index is 906. The summed E-state index contributed by atoms with van der Waals surface area (Å²) in [5.74, 6) is 2.55. The summed E-state index contributed by atoms with van der Waals surface area (Å²) in [5, 5.41) is 3.93. The zero-order chi connectivity index (χ0) is 18.8. The first-order chi connectivity index (χ1) is 13.1. The molecule has 4 rings (SSSR count). The number of carbonyl (C=O) groups excluding carboxylic acids is 1. The molecule has 27 heavy (non-hydrogen) atoms. The molecule has 3 aromatic rings.